The van der Waals surface area contributed by atoms with Gasteiger partial charge in [-0.05, 0) is 24.0 Å². The van der Waals surface area contributed by atoms with Crippen molar-refractivity contribution in [2.24, 2.45) is 0 Å². The Labute approximate surface area is 74.1 Å². The summed E-state index contributed by atoms with van der Waals surface area (Å²) in [6, 6.07) is 5.43. The third kappa shape index (κ3) is 1.60. The second-order valence-electron chi connectivity index (χ2n) is 4.20. The Balaban J connectivity index is 3.31. The predicted molar refractivity (Wildman–Crippen MR) is 50.0 cm³/mol. The van der Waals surface area contributed by atoms with Crippen molar-refractivity contribution in [3.8, 4) is 5.75 Å². The van der Waals surface area contributed by atoms with E-state index >= 15 is 0 Å². The molecule has 0 heterocycles. The van der Waals surface area contributed by atoms with Crippen LogP contribution in [0.2, 0.25) is 0 Å². The molecular weight excluding hydrogens is 148 g/mol. The Morgan fingerprint density at radius 2 is 1.75 bits per heavy atom. The normalized spacial score (nSPS) is 11.7. The van der Waals surface area contributed by atoms with Crippen LogP contribution in [0.15, 0.2) is 18.2 Å². The maximum atomic E-state index is 11.5. The first-order chi connectivity index (χ1) is 5.43. The quantitative estimate of drug-likeness (QED) is 0.558. The minimum atomic E-state index is -0.0393. The molecule has 65 valence electrons. The maximum Gasteiger partial charge on any atom is 0.182 e. The van der Waals surface area contributed by atoms with Gasteiger partial charge in [0.1, 0.15) is 0 Å². The van der Waals surface area contributed by atoms with Gasteiger partial charge in [-0.1, -0.05) is 32.9 Å². The van der Waals surface area contributed by atoms with Gasteiger partial charge >= 0.3 is 0 Å². The first-order valence-electron chi connectivity index (χ1n) is 4.20. The average molecular weight is 163 g/mol. The summed E-state index contributed by atoms with van der Waals surface area (Å²) in [5.74, 6) is 0.155. The molecule has 0 aliphatic heterocycles. The zero-order valence-corrected chi connectivity index (χ0v) is 8.14. The summed E-state index contributed by atoms with van der Waals surface area (Å²) >= 11 is 0. The molecule has 0 aromatic heterocycles. The third-order valence-electron chi connectivity index (χ3n) is 1.98. The molecule has 0 N–H and O–H groups in total. The molecule has 0 aliphatic rings. The van der Waals surface area contributed by atoms with Crippen LogP contribution in [0.1, 0.15) is 31.9 Å². The Bertz CT molecular complexity index is 261. The van der Waals surface area contributed by atoms with Gasteiger partial charge in [-0.15, -0.1) is 0 Å². The SMILES string of the molecule is Cc1cccc([O])c1C(C)(C)C. The summed E-state index contributed by atoms with van der Waals surface area (Å²) in [5.41, 5.74) is 1.99. The average Bonchev–Trinajstić information content (AvgIpc) is 1.82. The number of hydrogen-bond donors (Lipinski definition) is 0. The highest BCUT2D eigenvalue weighted by Gasteiger charge is 2.20. The molecule has 0 spiro atoms. The van der Waals surface area contributed by atoms with Crippen molar-refractivity contribution in [3.63, 3.8) is 0 Å². The second kappa shape index (κ2) is 2.81. The Morgan fingerprint density at radius 3 is 2.08 bits per heavy atom. The smallest absolute Gasteiger partial charge is 0.182 e. The van der Waals surface area contributed by atoms with Crippen LogP contribution in [-0.4, -0.2) is 0 Å². The van der Waals surface area contributed by atoms with Gasteiger partial charge in [0.25, 0.3) is 0 Å². The van der Waals surface area contributed by atoms with Gasteiger partial charge in [-0.25, -0.2) is 0 Å². The zero-order valence-electron chi connectivity index (χ0n) is 8.14. The highest BCUT2D eigenvalue weighted by molar-refractivity contribution is 5.42. The van der Waals surface area contributed by atoms with Gasteiger partial charge in [-0.3, -0.25) is 5.11 Å². The lowest BCUT2D eigenvalue weighted by atomic mass is 9.83. The van der Waals surface area contributed by atoms with Crippen molar-refractivity contribution >= 4 is 0 Å². The van der Waals surface area contributed by atoms with E-state index in [2.05, 4.69) is 20.8 Å². The third-order valence-corrected chi connectivity index (χ3v) is 1.98. The molecule has 0 amide bonds. The minimum absolute atomic E-state index is 0.0393. The first kappa shape index (κ1) is 9.11. The van der Waals surface area contributed by atoms with Gasteiger partial charge in [0.15, 0.2) is 5.75 Å². The Hall–Kier alpha value is -0.980. The fraction of sp³-hybridized carbons (Fsp3) is 0.455. The number of benzene rings is 1. The molecule has 1 aromatic carbocycles. The van der Waals surface area contributed by atoms with E-state index in [0.717, 1.165) is 11.1 Å². The van der Waals surface area contributed by atoms with Crippen LogP contribution < -0.4 is 0 Å². The number of aryl methyl sites for hydroxylation is 1. The van der Waals surface area contributed by atoms with E-state index in [9.17, 15) is 5.11 Å². The van der Waals surface area contributed by atoms with E-state index in [-0.39, 0.29) is 11.2 Å². The van der Waals surface area contributed by atoms with Crippen molar-refractivity contribution < 1.29 is 5.11 Å². The van der Waals surface area contributed by atoms with E-state index in [0.29, 0.717) is 0 Å². The zero-order chi connectivity index (χ0) is 9.35. The monoisotopic (exact) mass is 163 g/mol. The molecule has 0 atom stereocenters. The summed E-state index contributed by atoms with van der Waals surface area (Å²) in [7, 11) is 0. The maximum absolute atomic E-state index is 11.5. The standard InChI is InChI=1S/C11H15O/c1-8-6-5-7-9(12)10(8)11(2,3)4/h5-7H,1-4H3. The van der Waals surface area contributed by atoms with Crippen LogP contribution in [-0.2, 0) is 10.5 Å². The summed E-state index contributed by atoms with van der Waals surface area (Å²) in [6.07, 6.45) is 0. The molecule has 0 unspecified atom stereocenters. The minimum Gasteiger partial charge on any atom is -0.290 e. The molecule has 12 heavy (non-hydrogen) atoms. The Kier molecular flexibility index (Phi) is 2.14. The van der Waals surface area contributed by atoms with Crippen LogP contribution in [0.25, 0.3) is 0 Å². The van der Waals surface area contributed by atoms with Gasteiger partial charge in [-0.2, -0.15) is 0 Å². The molecule has 0 bridgehead atoms. The second-order valence-corrected chi connectivity index (χ2v) is 4.20. The molecule has 0 saturated carbocycles. The number of rotatable bonds is 0. The van der Waals surface area contributed by atoms with Crippen LogP contribution in [0.3, 0.4) is 0 Å². The summed E-state index contributed by atoms with van der Waals surface area (Å²) in [4.78, 5) is 0. The topological polar surface area (TPSA) is 19.9 Å². The molecule has 1 rings (SSSR count). The van der Waals surface area contributed by atoms with Crippen molar-refractivity contribution in [3.05, 3.63) is 29.3 Å². The van der Waals surface area contributed by atoms with Crippen LogP contribution in [0.5, 0.6) is 5.75 Å². The lowest BCUT2D eigenvalue weighted by Gasteiger charge is -2.21. The van der Waals surface area contributed by atoms with E-state index in [1.165, 1.54) is 0 Å². The van der Waals surface area contributed by atoms with Gasteiger partial charge in [0.05, 0.1) is 0 Å². The van der Waals surface area contributed by atoms with E-state index in [1.54, 1.807) is 6.07 Å². The molecule has 0 fully saturated rings. The molecular formula is C11H15O. The molecule has 1 heteroatoms. The number of hydrogen-bond acceptors (Lipinski definition) is 0. The predicted octanol–water partition coefficient (Wildman–Crippen LogP) is 3.44. The molecule has 1 radical (unpaired) electrons. The van der Waals surface area contributed by atoms with Crippen molar-refractivity contribution in [2.75, 3.05) is 0 Å². The van der Waals surface area contributed by atoms with E-state index < -0.39 is 0 Å². The summed E-state index contributed by atoms with van der Waals surface area (Å²) in [5, 5.41) is 11.5. The van der Waals surface area contributed by atoms with Crippen molar-refractivity contribution in [1.82, 2.24) is 0 Å². The van der Waals surface area contributed by atoms with Crippen LogP contribution >= 0.6 is 0 Å². The lowest BCUT2D eigenvalue weighted by Crippen LogP contribution is -2.12. The highest BCUT2D eigenvalue weighted by atomic mass is 16.3. The van der Waals surface area contributed by atoms with Crippen LogP contribution in [0, 0.1) is 6.92 Å². The molecule has 0 aliphatic carbocycles. The fourth-order valence-electron chi connectivity index (χ4n) is 1.60. The largest absolute Gasteiger partial charge is 0.290 e. The van der Waals surface area contributed by atoms with E-state index in [1.807, 2.05) is 19.1 Å². The molecule has 1 aromatic rings. The molecule has 1 nitrogen and oxygen atoms in total. The summed E-state index contributed by atoms with van der Waals surface area (Å²) in [6.45, 7) is 8.19. The van der Waals surface area contributed by atoms with Gasteiger partial charge in [0, 0.05) is 5.56 Å². The first-order valence-corrected chi connectivity index (χ1v) is 4.20. The lowest BCUT2D eigenvalue weighted by molar-refractivity contribution is 0.340. The van der Waals surface area contributed by atoms with Gasteiger partial charge in [0.2, 0.25) is 0 Å². The Morgan fingerprint density at radius 1 is 1.17 bits per heavy atom. The summed E-state index contributed by atoms with van der Waals surface area (Å²) < 4.78 is 0. The van der Waals surface area contributed by atoms with E-state index in [4.69, 9.17) is 0 Å². The molecule has 0 saturated heterocycles. The van der Waals surface area contributed by atoms with Crippen molar-refractivity contribution in [2.45, 2.75) is 33.1 Å². The van der Waals surface area contributed by atoms with Gasteiger partial charge < -0.3 is 0 Å². The van der Waals surface area contributed by atoms with Crippen molar-refractivity contribution in [1.29, 1.82) is 0 Å². The fourth-order valence-corrected chi connectivity index (χ4v) is 1.60. The highest BCUT2D eigenvalue weighted by Crippen LogP contribution is 2.33. The van der Waals surface area contributed by atoms with Crippen LogP contribution in [0.4, 0.5) is 0 Å².